The second-order valence-electron chi connectivity index (χ2n) is 11.7. The van der Waals surface area contributed by atoms with Crippen molar-refractivity contribution in [1.29, 1.82) is 0 Å². The van der Waals surface area contributed by atoms with Gasteiger partial charge >= 0.3 is 0 Å². The van der Waals surface area contributed by atoms with Crippen molar-refractivity contribution in [2.45, 2.75) is 0 Å². The minimum Gasteiger partial charge on any atom is -0.309 e. The van der Waals surface area contributed by atoms with Gasteiger partial charge < -0.3 is 9.13 Å². The molecule has 0 fully saturated rings. The third-order valence-electron chi connectivity index (χ3n) is 9.16. The van der Waals surface area contributed by atoms with E-state index in [4.69, 9.17) is 0 Å². The maximum Gasteiger partial charge on any atom is 0.0648 e. The molecule has 0 radical (unpaired) electrons. The van der Waals surface area contributed by atoms with Gasteiger partial charge in [0.2, 0.25) is 0 Å². The summed E-state index contributed by atoms with van der Waals surface area (Å²) in [4.78, 5) is 17.7. The Hall–Kier alpha value is -6.18. The van der Waals surface area contributed by atoms with Crippen LogP contribution in [0.3, 0.4) is 0 Å². The van der Waals surface area contributed by atoms with Crippen LogP contribution in [0.2, 0.25) is 0 Å². The normalized spacial score (nSPS) is 11.8. The zero-order valence-corrected chi connectivity index (χ0v) is 25.8. The second-order valence-corrected chi connectivity index (χ2v) is 12.6. The Kier molecular flexibility index (Phi) is 5.64. The molecule has 0 aliphatic rings. The lowest BCUT2D eigenvalue weighted by molar-refractivity contribution is 1.17. The smallest absolute Gasteiger partial charge is 0.0648 e. The number of hydrogen-bond acceptors (Lipinski definition) is 5. The Morgan fingerprint density at radius 3 is 1.62 bits per heavy atom. The standard InChI is InChI=1S/C40H24N6S/c1-3-27(20-41-13-1)25-5-8-35-30(17-25)33-22-43-15-11-37(33)45(35)29-7-10-40-32(19-29)39(24-47-40)46-36-9-6-26(28-4-2-14-42-21-28)18-31(36)34-23-44-16-12-38(34)46/h1-24H. The summed E-state index contributed by atoms with van der Waals surface area (Å²) >= 11 is 1.77. The molecule has 220 valence electrons. The first-order valence-corrected chi connectivity index (χ1v) is 16.3. The number of thiophene rings is 1. The van der Waals surface area contributed by atoms with Crippen LogP contribution < -0.4 is 0 Å². The molecule has 0 saturated carbocycles. The van der Waals surface area contributed by atoms with Gasteiger partial charge in [-0.2, -0.15) is 0 Å². The fourth-order valence-corrected chi connectivity index (χ4v) is 7.92. The zero-order chi connectivity index (χ0) is 30.9. The fourth-order valence-electron chi connectivity index (χ4n) is 7.01. The van der Waals surface area contributed by atoms with E-state index in [0.717, 1.165) is 66.5 Å². The molecule has 7 heterocycles. The molecule has 6 nitrogen and oxygen atoms in total. The minimum atomic E-state index is 1.09. The van der Waals surface area contributed by atoms with Gasteiger partial charge in [-0.25, -0.2) is 0 Å². The molecule has 0 spiro atoms. The van der Waals surface area contributed by atoms with E-state index in [2.05, 4.69) is 113 Å². The van der Waals surface area contributed by atoms with Gasteiger partial charge in [0.05, 0.1) is 27.8 Å². The fraction of sp³-hybridized carbons (Fsp3) is 0. The average Bonchev–Trinajstić information content (AvgIpc) is 3.81. The van der Waals surface area contributed by atoms with Crippen LogP contribution in [0.5, 0.6) is 0 Å². The maximum absolute atomic E-state index is 4.52. The summed E-state index contributed by atoms with van der Waals surface area (Å²) in [6.07, 6.45) is 15.2. The lowest BCUT2D eigenvalue weighted by atomic mass is 10.0. The van der Waals surface area contributed by atoms with Crippen molar-refractivity contribution in [1.82, 2.24) is 29.1 Å². The number of benzene rings is 3. The molecule has 10 aromatic rings. The summed E-state index contributed by atoms with van der Waals surface area (Å²) < 4.78 is 5.98. The monoisotopic (exact) mass is 620 g/mol. The SMILES string of the molecule is c1cncc(-c2ccc3c(c2)c2cnccc2n3-c2ccc3scc(-n4c5ccncc5c5cc(-c6cccnc6)ccc54)c3c2)c1. The Balaban J connectivity index is 1.19. The van der Waals surface area contributed by atoms with Crippen LogP contribution in [0, 0.1) is 0 Å². The van der Waals surface area contributed by atoms with E-state index in [1.807, 2.05) is 61.7 Å². The molecule has 0 aliphatic carbocycles. The van der Waals surface area contributed by atoms with Crippen LogP contribution in [-0.2, 0) is 0 Å². The second kappa shape index (κ2) is 10.2. The first-order chi connectivity index (χ1) is 23.3. The predicted octanol–water partition coefficient (Wildman–Crippen LogP) is 10.0. The van der Waals surface area contributed by atoms with Gasteiger partial charge in [0.25, 0.3) is 0 Å². The molecule has 0 amide bonds. The molecule has 7 aromatic heterocycles. The molecular weight excluding hydrogens is 597 g/mol. The minimum absolute atomic E-state index is 1.09. The van der Waals surface area contributed by atoms with Crippen molar-refractivity contribution in [2.75, 3.05) is 0 Å². The van der Waals surface area contributed by atoms with E-state index in [1.54, 1.807) is 11.3 Å². The summed E-state index contributed by atoms with van der Waals surface area (Å²) in [6.45, 7) is 0. The molecule has 0 bridgehead atoms. The van der Waals surface area contributed by atoms with Gasteiger partial charge in [0.15, 0.2) is 0 Å². The third-order valence-corrected chi connectivity index (χ3v) is 10.1. The number of fused-ring (bicyclic) bond motifs is 7. The van der Waals surface area contributed by atoms with E-state index in [1.165, 1.54) is 20.9 Å². The molecular formula is C40H24N6S. The van der Waals surface area contributed by atoms with Gasteiger partial charge in [0.1, 0.15) is 0 Å². The van der Waals surface area contributed by atoms with Crippen molar-refractivity contribution < 1.29 is 0 Å². The molecule has 47 heavy (non-hydrogen) atoms. The van der Waals surface area contributed by atoms with Crippen LogP contribution in [0.4, 0.5) is 0 Å². The number of rotatable bonds is 4. The van der Waals surface area contributed by atoms with Gasteiger partial charge in [-0.15, -0.1) is 11.3 Å². The highest BCUT2D eigenvalue weighted by Gasteiger charge is 2.19. The highest BCUT2D eigenvalue weighted by atomic mass is 32.1. The topological polar surface area (TPSA) is 61.4 Å². The van der Waals surface area contributed by atoms with Gasteiger partial charge in [-0.05, 0) is 77.9 Å². The number of aromatic nitrogens is 6. The van der Waals surface area contributed by atoms with E-state index >= 15 is 0 Å². The van der Waals surface area contributed by atoms with Crippen LogP contribution in [0.1, 0.15) is 0 Å². The quantitative estimate of drug-likeness (QED) is 0.196. The summed E-state index contributed by atoms with van der Waals surface area (Å²) in [5, 5.41) is 8.07. The molecule has 0 aliphatic heterocycles. The maximum atomic E-state index is 4.52. The van der Waals surface area contributed by atoms with Crippen molar-refractivity contribution >= 4 is 65.0 Å². The van der Waals surface area contributed by atoms with Gasteiger partial charge in [-0.3, -0.25) is 19.9 Å². The van der Waals surface area contributed by atoms with Gasteiger partial charge in [-0.1, -0.05) is 24.3 Å². The van der Waals surface area contributed by atoms with Crippen LogP contribution >= 0.6 is 11.3 Å². The Bertz CT molecular complexity index is 2790. The number of hydrogen-bond donors (Lipinski definition) is 0. The number of nitrogens with zero attached hydrogens (tertiary/aromatic N) is 6. The molecule has 10 rings (SSSR count). The van der Waals surface area contributed by atoms with Crippen molar-refractivity contribution in [3.05, 3.63) is 146 Å². The Labute approximate surface area is 272 Å². The molecule has 0 atom stereocenters. The molecule has 0 saturated heterocycles. The lowest BCUT2D eigenvalue weighted by Gasteiger charge is -2.11. The Morgan fingerprint density at radius 2 is 1.00 bits per heavy atom. The molecule has 0 unspecified atom stereocenters. The average molecular weight is 621 g/mol. The third kappa shape index (κ3) is 3.97. The van der Waals surface area contributed by atoms with E-state index < -0.39 is 0 Å². The first-order valence-electron chi connectivity index (χ1n) is 15.4. The molecule has 0 N–H and O–H groups in total. The summed E-state index contributed by atoms with van der Waals surface area (Å²) in [5.74, 6) is 0. The predicted molar refractivity (Wildman–Crippen MR) is 193 cm³/mol. The lowest BCUT2D eigenvalue weighted by Crippen LogP contribution is -1.96. The molecule has 3 aromatic carbocycles. The summed E-state index contributed by atoms with van der Waals surface area (Å²) in [6, 6.07) is 32.5. The summed E-state index contributed by atoms with van der Waals surface area (Å²) in [5.41, 5.74) is 11.3. The van der Waals surface area contributed by atoms with Gasteiger partial charge in [0, 0.05) is 103 Å². The number of pyridine rings is 4. The largest absolute Gasteiger partial charge is 0.309 e. The van der Waals surface area contributed by atoms with Crippen LogP contribution in [0.15, 0.2) is 146 Å². The van der Waals surface area contributed by atoms with Crippen molar-refractivity contribution in [3.63, 3.8) is 0 Å². The first kappa shape index (κ1) is 26.1. The van der Waals surface area contributed by atoms with E-state index in [-0.39, 0.29) is 0 Å². The van der Waals surface area contributed by atoms with Crippen molar-refractivity contribution in [3.8, 4) is 33.6 Å². The van der Waals surface area contributed by atoms with E-state index in [9.17, 15) is 0 Å². The highest BCUT2D eigenvalue weighted by Crippen LogP contribution is 2.40. The summed E-state index contributed by atoms with van der Waals surface area (Å²) in [7, 11) is 0. The Morgan fingerprint density at radius 1 is 0.426 bits per heavy atom. The van der Waals surface area contributed by atoms with Crippen LogP contribution in [-0.4, -0.2) is 29.1 Å². The molecule has 7 heteroatoms. The van der Waals surface area contributed by atoms with Crippen molar-refractivity contribution in [2.24, 2.45) is 0 Å². The van der Waals surface area contributed by atoms with Crippen LogP contribution in [0.25, 0.3) is 87.3 Å². The highest BCUT2D eigenvalue weighted by molar-refractivity contribution is 7.17. The zero-order valence-electron chi connectivity index (χ0n) is 24.9. The van der Waals surface area contributed by atoms with E-state index in [0.29, 0.717) is 0 Å².